The van der Waals surface area contributed by atoms with Crippen molar-refractivity contribution in [3.63, 3.8) is 0 Å². The van der Waals surface area contributed by atoms with Gasteiger partial charge < -0.3 is 4.40 Å². The number of hydrogen-bond acceptors (Lipinski definition) is 1. The predicted octanol–water partition coefficient (Wildman–Crippen LogP) is 5.17. The van der Waals surface area contributed by atoms with E-state index in [4.69, 9.17) is 16.6 Å². The van der Waals surface area contributed by atoms with Crippen LogP contribution in [0.2, 0.25) is 0 Å². The molecule has 1 atom stereocenters. The number of pyridine rings is 1. The molecule has 2 heterocycles. The van der Waals surface area contributed by atoms with E-state index in [2.05, 4.69) is 48.6 Å². The highest BCUT2D eigenvalue weighted by atomic mass is 35.5. The smallest absolute Gasteiger partial charge is 0.140 e. The Labute approximate surface area is 130 Å². The minimum Gasteiger partial charge on any atom is -0.302 e. The molecule has 0 N–H and O–H groups in total. The molecule has 2 aromatic heterocycles. The number of aromatic nitrogens is 2. The lowest BCUT2D eigenvalue weighted by Crippen LogP contribution is -1.95. The van der Waals surface area contributed by atoms with Crippen LogP contribution in [-0.4, -0.2) is 9.38 Å². The normalized spacial score (nSPS) is 12.8. The highest BCUT2D eigenvalue weighted by Crippen LogP contribution is 2.32. The largest absolute Gasteiger partial charge is 0.302 e. The van der Waals surface area contributed by atoms with Crippen LogP contribution in [0.25, 0.3) is 16.9 Å². The molecule has 0 saturated carbocycles. The van der Waals surface area contributed by atoms with Crippen molar-refractivity contribution in [1.29, 1.82) is 0 Å². The number of alkyl halides is 1. The Bertz CT molecular complexity index is 770. The molecule has 21 heavy (non-hydrogen) atoms. The lowest BCUT2D eigenvalue weighted by Gasteiger charge is -2.08. The molecule has 108 valence electrons. The number of hydrogen-bond donors (Lipinski definition) is 0. The van der Waals surface area contributed by atoms with Crippen LogP contribution in [0.15, 0.2) is 42.6 Å². The molecule has 0 spiro atoms. The fourth-order valence-electron chi connectivity index (χ4n) is 2.71. The van der Waals surface area contributed by atoms with Gasteiger partial charge in [0.25, 0.3) is 0 Å². The van der Waals surface area contributed by atoms with Gasteiger partial charge in [-0.25, -0.2) is 4.98 Å². The number of benzene rings is 1. The topological polar surface area (TPSA) is 17.3 Å². The van der Waals surface area contributed by atoms with Crippen LogP contribution in [0, 0.1) is 6.92 Å². The quantitative estimate of drug-likeness (QED) is 0.610. The van der Waals surface area contributed by atoms with Gasteiger partial charge in [-0.15, -0.1) is 11.6 Å². The molecule has 3 aromatic rings. The van der Waals surface area contributed by atoms with Crippen molar-refractivity contribution in [1.82, 2.24) is 9.38 Å². The summed E-state index contributed by atoms with van der Waals surface area (Å²) in [6, 6.07) is 12.7. The third-order valence-electron chi connectivity index (χ3n) is 3.89. The summed E-state index contributed by atoms with van der Waals surface area (Å²) in [5.41, 5.74) is 6.63. The van der Waals surface area contributed by atoms with E-state index >= 15 is 0 Å². The van der Waals surface area contributed by atoms with Crippen LogP contribution in [0.1, 0.15) is 36.0 Å². The first kappa shape index (κ1) is 14.2. The van der Waals surface area contributed by atoms with Crippen molar-refractivity contribution in [2.24, 2.45) is 0 Å². The summed E-state index contributed by atoms with van der Waals surface area (Å²) >= 11 is 6.43. The summed E-state index contributed by atoms with van der Waals surface area (Å²) in [5, 5.41) is -0.0948. The third-order valence-corrected chi connectivity index (χ3v) is 4.10. The van der Waals surface area contributed by atoms with E-state index in [0.717, 1.165) is 34.6 Å². The van der Waals surface area contributed by atoms with Crippen molar-refractivity contribution in [3.8, 4) is 11.3 Å². The minimum atomic E-state index is -0.0948. The molecule has 0 aliphatic heterocycles. The van der Waals surface area contributed by atoms with Gasteiger partial charge in [0.1, 0.15) is 5.65 Å². The van der Waals surface area contributed by atoms with Gasteiger partial charge in [0.15, 0.2) is 0 Å². The van der Waals surface area contributed by atoms with Gasteiger partial charge in [0, 0.05) is 11.8 Å². The predicted molar refractivity (Wildman–Crippen MR) is 89.0 cm³/mol. The average Bonchev–Trinajstić information content (AvgIpc) is 2.88. The molecule has 3 heteroatoms. The minimum absolute atomic E-state index is 0.0948. The Kier molecular flexibility index (Phi) is 3.73. The van der Waals surface area contributed by atoms with Gasteiger partial charge >= 0.3 is 0 Å². The summed E-state index contributed by atoms with van der Waals surface area (Å²) in [5.74, 6) is 0. The first-order valence-corrected chi connectivity index (χ1v) is 7.76. The Hall–Kier alpha value is -1.80. The zero-order valence-electron chi connectivity index (χ0n) is 12.6. The molecule has 1 unspecified atom stereocenters. The fourth-order valence-corrected chi connectivity index (χ4v) is 2.92. The van der Waals surface area contributed by atoms with E-state index in [9.17, 15) is 0 Å². The molecule has 3 rings (SSSR count). The SMILES string of the molecule is CCc1ccc(-c2nc3c(C)cccn3c2C(C)Cl)cc1. The molecule has 0 radical (unpaired) electrons. The molecular formula is C18H19ClN2. The van der Waals surface area contributed by atoms with Gasteiger partial charge in [0.05, 0.1) is 16.8 Å². The Morgan fingerprint density at radius 1 is 1.19 bits per heavy atom. The first-order valence-electron chi connectivity index (χ1n) is 7.32. The summed E-state index contributed by atoms with van der Waals surface area (Å²) in [4.78, 5) is 4.84. The van der Waals surface area contributed by atoms with E-state index in [1.54, 1.807) is 0 Å². The zero-order valence-corrected chi connectivity index (χ0v) is 13.4. The molecule has 0 amide bonds. The lowest BCUT2D eigenvalue weighted by molar-refractivity contribution is 0.962. The van der Waals surface area contributed by atoms with Crippen LogP contribution < -0.4 is 0 Å². The van der Waals surface area contributed by atoms with Gasteiger partial charge in [-0.3, -0.25) is 0 Å². The second kappa shape index (κ2) is 5.53. The molecule has 0 aliphatic carbocycles. The Morgan fingerprint density at radius 2 is 1.90 bits per heavy atom. The number of imidazole rings is 1. The van der Waals surface area contributed by atoms with E-state index in [1.807, 2.05) is 19.2 Å². The lowest BCUT2D eigenvalue weighted by atomic mass is 10.1. The van der Waals surface area contributed by atoms with Crippen LogP contribution in [0.4, 0.5) is 0 Å². The maximum absolute atomic E-state index is 6.43. The number of rotatable bonds is 3. The molecular weight excluding hydrogens is 280 g/mol. The van der Waals surface area contributed by atoms with Crippen molar-refractivity contribution in [2.45, 2.75) is 32.6 Å². The van der Waals surface area contributed by atoms with Gasteiger partial charge in [-0.1, -0.05) is 37.3 Å². The molecule has 0 aliphatic rings. The van der Waals surface area contributed by atoms with Crippen LogP contribution in [0.5, 0.6) is 0 Å². The van der Waals surface area contributed by atoms with Gasteiger partial charge in [-0.2, -0.15) is 0 Å². The van der Waals surface area contributed by atoms with E-state index in [0.29, 0.717) is 0 Å². The zero-order chi connectivity index (χ0) is 15.0. The molecule has 0 fully saturated rings. The van der Waals surface area contributed by atoms with Crippen LogP contribution in [0.3, 0.4) is 0 Å². The van der Waals surface area contributed by atoms with Gasteiger partial charge in [-0.05, 0) is 37.5 Å². The highest BCUT2D eigenvalue weighted by Gasteiger charge is 2.18. The summed E-state index contributed by atoms with van der Waals surface area (Å²) in [6.07, 6.45) is 3.08. The van der Waals surface area contributed by atoms with Crippen molar-refractivity contribution in [2.75, 3.05) is 0 Å². The standard InChI is InChI=1S/C18H19ClN2/c1-4-14-7-9-15(10-8-14)16-17(13(3)19)21-11-5-6-12(2)18(21)20-16/h5-11,13H,4H2,1-3H3. The molecule has 0 bridgehead atoms. The van der Waals surface area contributed by atoms with Crippen LogP contribution >= 0.6 is 11.6 Å². The van der Waals surface area contributed by atoms with Gasteiger partial charge in [0.2, 0.25) is 0 Å². The highest BCUT2D eigenvalue weighted by molar-refractivity contribution is 6.20. The monoisotopic (exact) mass is 298 g/mol. The van der Waals surface area contributed by atoms with E-state index < -0.39 is 0 Å². The average molecular weight is 299 g/mol. The van der Waals surface area contributed by atoms with E-state index in [1.165, 1.54) is 5.56 Å². The number of aryl methyl sites for hydroxylation is 2. The number of nitrogens with zero attached hydrogens (tertiary/aromatic N) is 2. The Morgan fingerprint density at radius 3 is 2.52 bits per heavy atom. The molecule has 2 nitrogen and oxygen atoms in total. The second-order valence-electron chi connectivity index (χ2n) is 5.40. The maximum atomic E-state index is 6.43. The van der Waals surface area contributed by atoms with Crippen molar-refractivity contribution in [3.05, 3.63) is 59.4 Å². The number of fused-ring (bicyclic) bond motifs is 1. The second-order valence-corrected chi connectivity index (χ2v) is 6.05. The third kappa shape index (κ3) is 2.44. The van der Waals surface area contributed by atoms with E-state index in [-0.39, 0.29) is 5.38 Å². The summed E-state index contributed by atoms with van der Waals surface area (Å²) < 4.78 is 2.11. The van der Waals surface area contributed by atoms with Crippen molar-refractivity contribution < 1.29 is 0 Å². The Balaban J connectivity index is 2.25. The summed E-state index contributed by atoms with van der Waals surface area (Å²) in [7, 11) is 0. The molecule has 1 aromatic carbocycles. The molecule has 0 saturated heterocycles. The summed E-state index contributed by atoms with van der Waals surface area (Å²) in [6.45, 7) is 6.24. The maximum Gasteiger partial charge on any atom is 0.140 e. The van der Waals surface area contributed by atoms with Crippen LogP contribution in [-0.2, 0) is 6.42 Å². The number of halogens is 1. The first-order chi connectivity index (χ1) is 10.1. The van der Waals surface area contributed by atoms with Crippen molar-refractivity contribution >= 4 is 17.2 Å². The fraction of sp³-hybridized carbons (Fsp3) is 0.278.